The molecule has 0 saturated carbocycles. The molecule has 0 amide bonds. The molecule has 1 rings (SSSR count). The fourth-order valence-corrected chi connectivity index (χ4v) is 2.09. The fraction of sp³-hybridized carbons (Fsp3) is 0.538. The fourth-order valence-electron chi connectivity index (χ4n) is 1.59. The molecule has 90 valence electrons. The van der Waals surface area contributed by atoms with Crippen molar-refractivity contribution in [2.24, 2.45) is 0 Å². The van der Waals surface area contributed by atoms with E-state index in [1.54, 1.807) is 0 Å². The predicted molar refractivity (Wildman–Crippen MR) is 70.0 cm³/mol. The largest absolute Gasteiger partial charge is 0.493 e. The van der Waals surface area contributed by atoms with Gasteiger partial charge in [-0.3, -0.25) is 0 Å². The Kier molecular flexibility index (Phi) is 4.81. The van der Waals surface area contributed by atoms with E-state index in [1.807, 2.05) is 26.0 Å². The molecule has 2 nitrogen and oxygen atoms in total. The summed E-state index contributed by atoms with van der Waals surface area (Å²) in [7, 11) is 0. The standard InChI is InChI=1S/C13H19BrO2/c1-5-15-12-8-7-10(9-11(12)14)13(3,4)16-6-2/h7-9H,5-6H2,1-4H3. The monoisotopic (exact) mass is 286 g/mol. The summed E-state index contributed by atoms with van der Waals surface area (Å²) in [5.74, 6) is 0.874. The van der Waals surface area contributed by atoms with Gasteiger partial charge in [0, 0.05) is 6.61 Å². The molecule has 3 heteroatoms. The van der Waals surface area contributed by atoms with E-state index in [1.165, 1.54) is 0 Å². The highest BCUT2D eigenvalue weighted by Crippen LogP contribution is 2.32. The second-order valence-electron chi connectivity index (χ2n) is 4.02. The van der Waals surface area contributed by atoms with Crippen molar-refractivity contribution in [1.82, 2.24) is 0 Å². The van der Waals surface area contributed by atoms with Gasteiger partial charge in [0.2, 0.25) is 0 Å². The molecule has 0 bridgehead atoms. The van der Waals surface area contributed by atoms with Crippen molar-refractivity contribution in [3.05, 3.63) is 28.2 Å². The number of ether oxygens (including phenoxy) is 2. The summed E-state index contributed by atoms with van der Waals surface area (Å²) in [6.07, 6.45) is 0. The Morgan fingerprint density at radius 2 is 1.88 bits per heavy atom. The van der Waals surface area contributed by atoms with E-state index in [-0.39, 0.29) is 5.60 Å². The Bertz CT molecular complexity index is 348. The first-order valence-electron chi connectivity index (χ1n) is 5.58. The van der Waals surface area contributed by atoms with Gasteiger partial charge in [0.15, 0.2) is 0 Å². The molecule has 0 fully saturated rings. The van der Waals surface area contributed by atoms with Gasteiger partial charge in [-0.05, 0) is 61.3 Å². The maximum absolute atomic E-state index is 5.71. The molecule has 16 heavy (non-hydrogen) atoms. The summed E-state index contributed by atoms with van der Waals surface area (Å²) in [6.45, 7) is 9.50. The number of benzene rings is 1. The van der Waals surface area contributed by atoms with Crippen LogP contribution in [0.15, 0.2) is 22.7 Å². The number of hydrogen-bond donors (Lipinski definition) is 0. The molecule has 0 heterocycles. The topological polar surface area (TPSA) is 18.5 Å². The lowest BCUT2D eigenvalue weighted by atomic mass is 9.98. The minimum atomic E-state index is -0.262. The quantitative estimate of drug-likeness (QED) is 0.811. The Hall–Kier alpha value is -0.540. The van der Waals surface area contributed by atoms with Crippen molar-refractivity contribution in [2.45, 2.75) is 33.3 Å². The smallest absolute Gasteiger partial charge is 0.133 e. The molecule has 1 aromatic carbocycles. The average molecular weight is 287 g/mol. The molecule has 0 unspecified atom stereocenters. The predicted octanol–water partition coefficient (Wildman–Crippen LogP) is 4.12. The van der Waals surface area contributed by atoms with Gasteiger partial charge in [0.25, 0.3) is 0 Å². The van der Waals surface area contributed by atoms with E-state index in [4.69, 9.17) is 9.47 Å². The van der Waals surface area contributed by atoms with Crippen LogP contribution in [0.1, 0.15) is 33.3 Å². The van der Waals surface area contributed by atoms with Crippen LogP contribution in [0.25, 0.3) is 0 Å². The Labute approximate surface area is 106 Å². The zero-order valence-electron chi connectivity index (χ0n) is 10.3. The van der Waals surface area contributed by atoms with Crippen molar-refractivity contribution in [2.75, 3.05) is 13.2 Å². The molecule has 0 aromatic heterocycles. The van der Waals surface area contributed by atoms with Crippen LogP contribution in [-0.4, -0.2) is 13.2 Å². The molecular weight excluding hydrogens is 268 g/mol. The lowest BCUT2D eigenvalue weighted by molar-refractivity contribution is -0.0140. The molecule has 0 aliphatic carbocycles. The lowest BCUT2D eigenvalue weighted by Crippen LogP contribution is -2.21. The molecule has 0 atom stereocenters. The first-order chi connectivity index (χ1) is 7.51. The summed E-state index contributed by atoms with van der Waals surface area (Å²) in [5.41, 5.74) is 0.881. The van der Waals surface area contributed by atoms with Crippen LogP contribution in [0, 0.1) is 0 Å². The maximum Gasteiger partial charge on any atom is 0.133 e. The molecule has 0 N–H and O–H groups in total. The van der Waals surface area contributed by atoms with Crippen LogP contribution in [0.5, 0.6) is 5.75 Å². The highest BCUT2D eigenvalue weighted by molar-refractivity contribution is 9.10. The first kappa shape index (κ1) is 13.5. The summed E-state index contributed by atoms with van der Waals surface area (Å²) < 4.78 is 12.2. The third kappa shape index (κ3) is 3.22. The van der Waals surface area contributed by atoms with Crippen molar-refractivity contribution < 1.29 is 9.47 Å². The molecule has 0 saturated heterocycles. The maximum atomic E-state index is 5.71. The van der Waals surface area contributed by atoms with Crippen LogP contribution >= 0.6 is 15.9 Å². The minimum Gasteiger partial charge on any atom is -0.493 e. The SMILES string of the molecule is CCOc1ccc(C(C)(C)OCC)cc1Br. The number of halogens is 1. The van der Waals surface area contributed by atoms with Gasteiger partial charge < -0.3 is 9.47 Å². The van der Waals surface area contributed by atoms with Gasteiger partial charge in [-0.2, -0.15) is 0 Å². The zero-order chi connectivity index (χ0) is 12.2. The van der Waals surface area contributed by atoms with E-state index in [0.29, 0.717) is 13.2 Å². The van der Waals surface area contributed by atoms with E-state index < -0.39 is 0 Å². The summed E-state index contributed by atoms with van der Waals surface area (Å²) >= 11 is 3.51. The van der Waals surface area contributed by atoms with Gasteiger partial charge in [-0.25, -0.2) is 0 Å². The van der Waals surface area contributed by atoms with E-state index in [0.717, 1.165) is 15.8 Å². The lowest BCUT2D eigenvalue weighted by Gasteiger charge is -2.25. The van der Waals surface area contributed by atoms with Crippen molar-refractivity contribution in [3.8, 4) is 5.75 Å². The number of rotatable bonds is 5. The van der Waals surface area contributed by atoms with Gasteiger partial charge in [0.1, 0.15) is 5.75 Å². The van der Waals surface area contributed by atoms with E-state index in [2.05, 4.69) is 35.8 Å². The van der Waals surface area contributed by atoms with Crippen LogP contribution in [0.4, 0.5) is 0 Å². The van der Waals surface area contributed by atoms with Crippen molar-refractivity contribution in [3.63, 3.8) is 0 Å². The molecular formula is C13H19BrO2. The Morgan fingerprint density at radius 3 is 2.38 bits per heavy atom. The summed E-state index contributed by atoms with van der Waals surface area (Å²) in [5, 5.41) is 0. The van der Waals surface area contributed by atoms with Crippen LogP contribution in [-0.2, 0) is 10.3 Å². The van der Waals surface area contributed by atoms with E-state index in [9.17, 15) is 0 Å². The minimum absolute atomic E-state index is 0.262. The zero-order valence-corrected chi connectivity index (χ0v) is 11.9. The molecule has 0 spiro atoms. The van der Waals surface area contributed by atoms with E-state index >= 15 is 0 Å². The molecule has 0 aliphatic heterocycles. The van der Waals surface area contributed by atoms with Crippen molar-refractivity contribution in [1.29, 1.82) is 0 Å². The second kappa shape index (κ2) is 5.69. The van der Waals surface area contributed by atoms with Crippen LogP contribution in [0.2, 0.25) is 0 Å². The average Bonchev–Trinajstić information content (AvgIpc) is 2.21. The normalized spacial score (nSPS) is 11.6. The second-order valence-corrected chi connectivity index (χ2v) is 4.88. The Morgan fingerprint density at radius 1 is 1.19 bits per heavy atom. The summed E-state index contributed by atoms with van der Waals surface area (Å²) in [4.78, 5) is 0. The highest BCUT2D eigenvalue weighted by atomic mass is 79.9. The first-order valence-corrected chi connectivity index (χ1v) is 6.37. The third-order valence-electron chi connectivity index (χ3n) is 2.43. The van der Waals surface area contributed by atoms with Crippen LogP contribution < -0.4 is 4.74 Å². The molecule has 1 aromatic rings. The Balaban J connectivity index is 2.96. The third-order valence-corrected chi connectivity index (χ3v) is 3.05. The van der Waals surface area contributed by atoms with Crippen LogP contribution in [0.3, 0.4) is 0 Å². The van der Waals surface area contributed by atoms with Gasteiger partial charge in [-0.15, -0.1) is 0 Å². The molecule has 0 radical (unpaired) electrons. The number of hydrogen-bond acceptors (Lipinski definition) is 2. The van der Waals surface area contributed by atoms with Crippen molar-refractivity contribution >= 4 is 15.9 Å². The highest BCUT2D eigenvalue weighted by Gasteiger charge is 2.21. The summed E-state index contributed by atoms with van der Waals surface area (Å²) in [6, 6.07) is 6.08. The molecule has 0 aliphatic rings. The van der Waals surface area contributed by atoms with Gasteiger partial charge in [0.05, 0.1) is 16.7 Å². The van der Waals surface area contributed by atoms with Gasteiger partial charge in [-0.1, -0.05) is 6.07 Å². The van der Waals surface area contributed by atoms with Gasteiger partial charge >= 0.3 is 0 Å².